The van der Waals surface area contributed by atoms with Crippen molar-refractivity contribution in [1.29, 1.82) is 0 Å². The van der Waals surface area contributed by atoms with Gasteiger partial charge in [0.05, 0.1) is 5.92 Å². The quantitative estimate of drug-likeness (QED) is 0.898. The van der Waals surface area contributed by atoms with Gasteiger partial charge in [-0.2, -0.15) is 0 Å². The molecule has 1 aromatic rings. The minimum absolute atomic E-state index is 0.0425. The van der Waals surface area contributed by atoms with Crippen LogP contribution < -0.4 is 5.32 Å². The highest BCUT2D eigenvalue weighted by atomic mass is 16.2. The fraction of sp³-hybridized carbons (Fsp3) is 0.579. The maximum absolute atomic E-state index is 12.9. The smallest absolute Gasteiger partial charge is 0.253 e. The summed E-state index contributed by atoms with van der Waals surface area (Å²) in [6, 6.07) is 7.90. The van der Waals surface area contributed by atoms with Crippen molar-refractivity contribution in [2.75, 3.05) is 32.7 Å². The zero-order valence-corrected chi connectivity index (χ0v) is 14.6. The lowest BCUT2D eigenvalue weighted by atomic mass is 9.95. The molecule has 2 saturated heterocycles. The first-order valence-corrected chi connectivity index (χ1v) is 8.93. The monoisotopic (exact) mass is 329 g/mol. The van der Waals surface area contributed by atoms with Crippen LogP contribution in [0.15, 0.2) is 24.3 Å². The van der Waals surface area contributed by atoms with Gasteiger partial charge in [0, 0.05) is 44.3 Å². The highest BCUT2D eigenvalue weighted by Crippen LogP contribution is 2.22. The minimum atomic E-state index is -0.0614. The number of rotatable bonds is 2. The van der Waals surface area contributed by atoms with Crippen LogP contribution in [-0.4, -0.2) is 60.4 Å². The third-order valence-corrected chi connectivity index (χ3v) is 5.14. The summed E-state index contributed by atoms with van der Waals surface area (Å²) < 4.78 is 0. The molecule has 24 heavy (non-hydrogen) atoms. The first kappa shape index (κ1) is 17.0. The maximum atomic E-state index is 12.9. The lowest BCUT2D eigenvalue weighted by molar-refractivity contribution is -0.139. The van der Waals surface area contributed by atoms with E-state index in [1.807, 2.05) is 41.0 Å². The molecule has 0 saturated carbocycles. The number of piperidine rings is 1. The number of piperazine rings is 1. The molecule has 1 unspecified atom stereocenters. The van der Waals surface area contributed by atoms with Crippen molar-refractivity contribution in [3.8, 4) is 0 Å². The Morgan fingerprint density at radius 2 is 1.92 bits per heavy atom. The van der Waals surface area contributed by atoms with Gasteiger partial charge < -0.3 is 15.1 Å². The van der Waals surface area contributed by atoms with Crippen LogP contribution in [0.5, 0.6) is 0 Å². The second-order valence-corrected chi connectivity index (χ2v) is 7.04. The van der Waals surface area contributed by atoms with Crippen LogP contribution in [0.25, 0.3) is 0 Å². The number of aryl methyl sites for hydroxylation is 1. The number of carbonyl (C=O) groups excluding carboxylic acids is 2. The number of amides is 2. The molecule has 2 atom stereocenters. The molecule has 2 heterocycles. The van der Waals surface area contributed by atoms with E-state index in [1.165, 1.54) is 0 Å². The normalized spacial score (nSPS) is 24.8. The van der Waals surface area contributed by atoms with Gasteiger partial charge in [0.2, 0.25) is 5.91 Å². The highest BCUT2D eigenvalue weighted by Gasteiger charge is 2.33. The van der Waals surface area contributed by atoms with Gasteiger partial charge in [0.15, 0.2) is 0 Å². The summed E-state index contributed by atoms with van der Waals surface area (Å²) in [6.45, 7) is 7.86. The van der Waals surface area contributed by atoms with E-state index in [4.69, 9.17) is 0 Å². The summed E-state index contributed by atoms with van der Waals surface area (Å²) in [5, 5.41) is 3.32. The Morgan fingerprint density at radius 3 is 2.62 bits per heavy atom. The molecule has 2 aliphatic rings. The number of carbonyl (C=O) groups is 2. The molecule has 5 nitrogen and oxygen atoms in total. The zero-order chi connectivity index (χ0) is 17.1. The average molecular weight is 329 g/mol. The summed E-state index contributed by atoms with van der Waals surface area (Å²) in [5.74, 6) is 0.194. The Kier molecular flexibility index (Phi) is 5.19. The Bertz CT molecular complexity index is 599. The van der Waals surface area contributed by atoms with Gasteiger partial charge >= 0.3 is 0 Å². The average Bonchev–Trinajstić information content (AvgIpc) is 2.62. The van der Waals surface area contributed by atoms with Gasteiger partial charge in [0.25, 0.3) is 5.91 Å². The number of hydrogen-bond donors (Lipinski definition) is 1. The van der Waals surface area contributed by atoms with E-state index in [1.54, 1.807) is 0 Å². The van der Waals surface area contributed by atoms with Crippen LogP contribution in [0, 0.1) is 12.8 Å². The predicted octanol–water partition coefficient (Wildman–Crippen LogP) is 1.67. The summed E-state index contributed by atoms with van der Waals surface area (Å²) in [5.41, 5.74) is 1.86. The third kappa shape index (κ3) is 3.61. The first-order valence-electron chi connectivity index (χ1n) is 8.93. The summed E-state index contributed by atoms with van der Waals surface area (Å²) in [4.78, 5) is 29.4. The van der Waals surface area contributed by atoms with Crippen molar-refractivity contribution in [2.45, 2.75) is 32.7 Å². The SMILES string of the molecule is Cc1ccc(C(=O)N2CCCC(C(=O)N3CCNC[C@H]3C)C2)cc1. The second-order valence-electron chi connectivity index (χ2n) is 7.04. The maximum Gasteiger partial charge on any atom is 0.253 e. The van der Waals surface area contributed by atoms with Gasteiger partial charge in [-0.3, -0.25) is 9.59 Å². The fourth-order valence-corrected chi connectivity index (χ4v) is 3.64. The minimum Gasteiger partial charge on any atom is -0.338 e. The molecular formula is C19H27N3O2. The lowest BCUT2D eigenvalue weighted by Crippen LogP contribution is -2.55. The van der Waals surface area contributed by atoms with Crippen molar-refractivity contribution in [3.05, 3.63) is 35.4 Å². The molecule has 2 amide bonds. The predicted molar refractivity (Wildman–Crippen MR) is 93.9 cm³/mol. The molecule has 5 heteroatoms. The van der Waals surface area contributed by atoms with Crippen LogP contribution >= 0.6 is 0 Å². The number of likely N-dealkylation sites (tertiary alicyclic amines) is 1. The molecule has 0 aliphatic carbocycles. The van der Waals surface area contributed by atoms with E-state index in [9.17, 15) is 9.59 Å². The Hall–Kier alpha value is -1.88. The molecule has 0 bridgehead atoms. The van der Waals surface area contributed by atoms with Gasteiger partial charge in [-0.1, -0.05) is 17.7 Å². The highest BCUT2D eigenvalue weighted by molar-refractivity contribution is 5.94. The molecule has 0 aromatic heterocycles. The Labute approximate surface area is 144 Å². The van der Waals surface area contributed by atoms with Gasteiger partial charge in [-0.15, -0.1) is 0 Å². The largest absolute Gasteiger partial charge is 0.338 e. The molecule has 2 fully saturated rings. The van der Waals surface area contributed by atoms with Crippen LogP contribution in [0.4, 0.5) is 0 Å². The van der Waals surface area contributed by atoms with Gasteiger partial charge in [0.1, 0.15) is 0 Å². The first-order chi connectivity index (χ1) is 11.6. The van der Waals surface area contributed by atoms with E-state index in [0.717, 1.165) is 44.6 Å². The Balaban J connectivity index is 1.66. The zero-order valence-electron chi connectivity index (χ0n) is 14.6. The topological polar surface area (TPSA) is 52.7 Å². The van der Waals surface area contributed by atoms with Crippen LogP contribution in [-0.2, 0) is 4.79 Å². The van der Waals surface area contributed by atoms with E-state index >= 15 is 0 Å². The second kappa shape index (κ2) is 7.34. The number of hydrogen-bond acceptors (Lipinski definition) is 3. The van der Waals surface area contributed by atoms with Gasteiger partial charge in [-0.05, 0) is 38.8 Å². The summed E-state index contributed by atoms with van der Waals surface area (Å²) in [7, 11) is 0. The third-order valence-electron chi connectivity index (χ3n) is 5.14. The molecule has 1 N–H and O–H groups in total. The molecular weight excluding hydrogens is 302 g/mol. The van der Waals surface area contributed by atoms with Crippen molar-refractivity contribution in [1.82, 2.24) is 15.1 Å². The summed E-state index contributed by atoms with van der Waals surface area (Å²) in [6.07, 6.45) is 1.78. The number of benzene rings is 1. The Morgan fingerprint density at radius 1 is 1.17 bits per heavy atom. The molecule has 0 spiro atoms. The van der Waals surface area contributed by atoms with Crippen LogP contribution in [0.3, 0.4) is 0 Å². The molecule has 3 rings (SSSR count). The lowest BCUT2D eigenvalue weighted by Gasteiger charge is -2.39. The number of nitrogens with zero attached hydrogens (tertiary/aromatic N) is 2. The molecule has 1 aromatic carbocycles. The van der Waals surface area contributed by atoms with E-state index in [0.29, 0.717) is 12.1 Å². The van der Waals surface area contributed by atoms with E-state index in [-0.39, 0.29) is 23.8 Å². The number of nitrogens with one attached hydrogen (secondary N) is 1. The molecule has 0 radical (unpaired) electrons. The summed E-state index contributed by atoms with van der Waals surface area (Å²) >= 11 is 0. The fourth-order valence-electron chi connectivity index (χ4n) is 3.64. The van der Waals surface area contributed by atoms with Crippen molar-refractivity contribution >= 4 is 11.8 Å². The van der Waals surface area contributed by atoms with E-state index < -0.39 is 0 Å². The van der Waals surface area contributed by atoms with E-state index in [2.05, 4.69) is 12.2 Å². The standard InChI is InChI=1S/C19H27N3O2/c1-14-5-7-16(8-6-14)18(23)21-10-3-4-17(13-21)19(24)22-11-9-20-12-15(22)2/h5-8,15,17,20H,3-4,9-13H2,1-2H3/t15-,17?/m1/s1. The molecule has 2 aliphatic heterocycles. The van der Waals surface area contributed by atoms with Crippen molar-refractivity contribution < 1.29 is 9.59 Å². The van der Waals surface area contributed by atoms with Gasteiger partial charge in [-0.25, -0.2) is 0 Å². The van der Waals surface area contributed by atoms with Crippen molar-refractivity contribution in [2.24, 2.45) is 5.92 Å². The van der Waals surface area contributed by atoms with Crippen LogP contribution in [0.2, 0.25) is 0 Å². The van der Waals surface area contributed by atoms with Crippen molar-refractivity contribution in [3.63, 3.8) is 0 Å². The molecule has 130 valence electrons. The van der Waals surface area contributed by atoms with Crippen LogP contribution in [0.1, 0.15) is 35.7 Å².